The van der Waals surface area contributed by atoms with Crippen molar-refractivity contribution in [2.45, 2.75) is 13.8 Å². The van der Waals surface area contributed by atoms with Crippen LogP contribution in [0, 0.1) is 0 Å². The Morgan fingerprint density at radius 3 is 1.50 bits per heavy atom. The van der Waals surface area contributed by atoms with Gasteiger partial charge in [-0.2, -0.15) is 0 Å². The quantitative estimate of drug-likeness (QED) is 0.546. The van der Waals surface area contributed by atoms with Crippen LogP contribution < -0.4 is 0 Å². The van der Waals surface area contributed by atoms with Crippen LogP contribution in [0.4, 0.5) is 0 Å². The van der Waals surface area contributed by atoms with Crippen molar-refractivity contribution in [3.8, 4) is 0 Å². The third-order valence-corrected chi connectivity index (χ3v) is 0.408. The fourth-order valence-corrected chi connectivity index (χ4v) is 0.204. The smallest absolute Gasteiger partial charge is 0.382 e. The molecule has 0 aromatic carbocycles. The molecule has 0 aliphatic carbocycles. The monoisotopic (exact) mass is 133 g/mol. The van der Waals surface area contributed by atoms with E-state index in [0.717, 1.165) is 13.2 Å². The minimum absolute atomic E-state index is 0. The average molecular weight is 133 g/mol. The van der Waals surface area contributed by atoms with Crippen LogP contribution in [-0.2, 0) is 21.5 Å². The molecule has 0 heterocycles. The molecule has 0 aliphatic heterocycles. The molecule has 0 amide bonds. The van der Waals surface area contributed by atoms with Crippen molar-refractivity contribution in [1.82, 2.24) is 0 Å². The van der Waals surface area contributed by atoms with E-state index >= 15 is 0 Å². The number of ether oxygens (including phenoxy) is 1. The fraction of sp³-hybridized carbons (Fsp3) is 1.00. The summed E-state index contributed by atoms with van der Waals surface area (Å²) >= 11 is 0. The first-order chi connectivity index (χ1) is 2.41. The summed E-state index contributed by atoms with van der Waals surface area (Å²) in [6.45, 7) is 5.67. The molecular weight excluding hydrogens is 123 g/mol. The minimum Gasteiger partial charge on any atom is -0.382 e. The summed E-state index contributed by atoms with van der Waals surface area (Å²) in [5.41, 5.74) is 0. The minimum atomic E-state index is 0. The molecule has 2 heteroatoms. The van der Waals surface area contributed by atoms with E-state index in [2.05, 4.69) is 0 Å². The van der Waals surface area contributed by atoms with E-state index in [0.29, 0.717) is 0 Å². The Morgan fingerprint density at radius 1 is 1.17 bits per heavy atom. The molecule has 6 heavy (non-hydrogen) atoms. The predicted octanol–water partition coefficient (Wildman–Crippen LogP) is 1.04. The van der Waals surface area contributed by atoms with Crippen molar-refractivity contribution in [3.63, 3.8) is 0 Å². The molecule has 0 aromatic heterocycles. The van der Waals surface area contributed by atoms with Crippen LogP contribution in [0.3, 0.4) is 0 Å². The second-order valence-electron chi connectivity index (χ2n) is 0.781. The zero-order chi connectivity index (χ0) is 4.12. The zero-order valence-corrected chi connectivity index (χ0v) is 5.20. The molecule has 0 aromatic rings. The van der Waals surface area contributed by atoms with Gasteiger partial charge in [-0.3, -0.25) is 0 Å². The van der Waals surface area contributed by atoms with E-state index in [1.54, 1.807) is 0 Å². The van der Waals surface area contributed by atoms with Crippen LogP contribution in [0.2, 0.25) is 0 Å². The van der Waals surface area contributed by atoms with Crippen molar-refractivity contribution >= 4 is 0 Å². The first kappa shape index (κ1) is 9.69. The summed E-state index contributed by atoms with van der Waals surface area (Å²) in [6, 6.07) is 0. The van der Waals surface area contributed by atoms with Crippen LogP contribution in [0.25, 0.3) is 0 Å². The number of rotatable bonds is 2. The Bertz CT molecular complexity index is 15.0. The molecule has 0 saturated carbocycles. The van der Waals surface area contributed by atoms with Gasteiger partial charge in [-0.1, -0.05) is 0 Å². The maximum atomic E-state index is 4.83. The molecular formula is C4H10CoO+2. The summed E-state index contributed by atoms with van der Waals surface area (Å²) in [4.78, 5) is 0. The molecule has 0 rings (SSSR count). The standard InChI is InChI=1S/C4H10O.Co/c1-3-5-4-2;/h3-4H2,1-2H3;/q;+2. The summed E-state index contributed by atoms with van der Waals surface area (Å²) in [7, 11) is 0. The fourth-order valence-electron chi connectivity index (χ4n) is 0.204. The maximum absolute atomic E-state index is 4.83. The van der Waals surface area contributed by atoms with Gasteiger partial charge in [0.1, 0.15) is 0 Å². The van der Waals surface area contributed by atoms with Gasteiger partial charge in [0.15, 0.2) is 0 Å². The molecule has 1 nitrogen and oxygen atoms in total. The zero-order valence-electron chi connectivity index (χ0n) is 4.16. The first-order valence-electron chi connectivity index (χ1n) is 1.99. The van der Waals surface area contributed by atoms with Crippen LogP contribution in [0.5, 0.6) is 0 Å². The topological polar surface area (TPSA) is 9.23 Å². The van der Waals surface area contributed by atoms with E-state index in [9.17, 15) is 0 Å². The van der Waals surface area contributed by atoms with Crippen molar-refractivity contribution in [3.05, 3.63) is 0 Å². The molecule has 0 fully saturated rings. The average Bonchev–Trinajstić information content (AvgIpc) is 1.41. The van der Waals surface area contributed by atoms with Crippen molar-refractivity contribution < 1.29 is 21.5 Å². The molecule has 0 saturated heterocycles. The Balaban J connectivity index is 0. The third kappa shape index (κ3) is 8.82. The number of hydrogen-bond donors (Lipinski definition) is 0. The van der Waals surface area contributed by atoms with Crippen LogP contribution in [0.1, 0.15) is 13.8 Å². The van der Waals surface area contributed by atoms with E-state index in [1.807, 2.05) is 13.8 Å². The molecule has 0 bridgehead atoms. The Labute approximate surface area is 49.3 Å². The second kappa shape index (κ2) is 9.08. The summed E-state index contributed by atoms with van der Waals surface area (Å²) in [5, 5.41) is 0. The van der Waals surface area contributed by atoms with E-state index in [1.165, 1.54) is 0 Å². The summed E-state index contributed by atoms with van der Waals surface area (Å²) in [6.07, 6.45) is 0. The van der Waals surface area contributed by atoms with Crippen molar-refractivity contribution in [1.29, 1.82) is 0 Å². The second-order valence-corrected chi connectivity index (χ2v) is 0.781. The Hall–Kier alpha value is 0.466. The predicted molar refractivity (Wildman–Crippen MR) is 22.2 cm³/mol. The molecule has 0 aliphatic rings. The van der Waals surface area contributed by atoms with Crippen molar-refractivity contribution in [2.24, 2.45) is 0 Å². The summed E-state index contributed by atoms with van der Waals surface area (Å²) in [5.74, 6) is 0. The number of hydrogen-bond acceptors (Lipinski definition) is 1. The Morgan fingerprint density at radius 2 is 1.50 bits per heavy atom. The van der Waals surface area contributed by atoms with Gasteiger partial charge in [0.2, 0.25) is 0 Å². The van der Waals surface area contributed by atoms with Crippen LogP contribution >= 0.6 is 0 Å². The molecule has 0 unspecified atom stereocenters. The summed E-state index contributed by atoms with van der Waals surface area (Å²) < 4.78 is 4.83. The largest absolute Gasteiger partial charge is 2.00 e. The van der Waals surface area contributed by atoms with Crippen LogP contribution in [0.15, 0.2) is 0 Å². The van der Waals surface area contributed by atoms with Crippen molar-refractivity contribution in [2.75, 3.05) is 13.2 Å². The molecule has 0 N–H and O–H groups in total. The normalized spacial score (nSPS) is 7.00. The first-order valence-corrected chi connectivity index (χ1v) is 1.99. The SMILES string of the molecule is CCOCC.[Co+2]. The molecule has 0 atom stereocenters. The van der Waals surface area contributed by atoms with Gasteiger partial charge >= 0.3 is 16.8 Å². The van der Waals surface area contributed by atoms with Gasteiger partial charge in [-0.15, -0.1) is 0 Å². The van der Waals surface area contributed by atoms with Gasteiger partial charge in [0, 0.05) is 13.2 Å². The van der Waals surface area contributed by atoms with Gasteiger partial charge in [0.05, 0.1) is 0 Å². The van der Waals surface area contributed by atoms with E-state index in [-0.39, 0.29) is 16.8 Å². The van der Waals surface area contributed by atoms with Gasteiger partial charge < -0.3 is 4.74 Å². The molecule has 1 radical (unpaired) electrons. The van der Waals surface area contributed by atoms with Crippen LogP contribution in [-0.4, -0.2) is 13.2 Å². The van der Waals surface area contributed by atoms with E-state index in [4.69, 9.17) is 4.74 Å². The molecule has 0 spiro atoms. The molecule has 39 valence electrons. The Kier molecular flexibility index (Phi) is 14.7. The third-order valence-electron chi connectivity index (χ3n) is 0.408. The van der Waals surface area contributed by atoms with Gasteiger partial charge in [-0.05, 0) is 13.8 Å². The maximum Gasteiger partial charge on any atom is 2.00 e. The van der Waals surface area contributed by atoms with Gasteiger partial charge in [-0.25, -0.2) is 0 Å². The van der Waals surface area contributed by atoms with Gasteiger partial charge in [0.25, 0.3) is 0 Å². The van der Waals surface area contributed by atoms with E-state index < -0.39 is 0 Å².